The highest BCUT2D eigenvalue weighted by atomic mass is 16.6. The molecule has 1 aromatic heterocycles. The molecular weight excluding hydrogens is 418 g/mol. The van der Waals surface area contributed by atoms with Crippen molar-refractivity contribution in [2.45, 2.75) is 18.9 Å². The summed E-state index contributed by atoms with van der Waals surface area (Å²) in [5.74, 6) is 0.985. The lowest BCUT2D eigenvalue weighted by Crippen LogP contribution is -2.44. The van der Waals surface area contributed by atoms with Gasteiger partial charge in [0, 0.05) is 25.2 Å². The quantitative estimate of drug-likeness (QED) is 0.615. The van der Waals surface area contributed by atoms with Crippen LogP contribution in [0.4, 0.5) is 4.79 Å². The average Bonchev–Trinajstić information content (AvgIpc) is 2.88. The van der Waals surface area contributed by atoms with Gasteiger partial charge in [0.2, 0.25) is 5.91 Å². The second-order valence-corrected chi connectivity index (χ2v) is 7.92. The summed E-state index contributed by atoms with van der Waals surface area (Å²) in [7, 11) is 1.62. The standard InChI is InChI=1S/C26H27N3O4/c1-32-22-11-7-8-20(18-22)24(23-12-5-6-15-27-23)28-25(30)19-13-16-29(17-14-19)26(31)33-21-9-3-2-4-10-21/h2-12,15,18-19,24H,13-14,16-17H2,1H3,(H,28,30). The summed E-state index contributed by atoms with van der Waals surface area (Å²) in [5, 5.41) is 3.16. The first-order valence-electron chi connectivity index (χ1n) is 11.0. The predicted molar refractivity (Wildman–Crippen MR) is 124 cm³/mol. The van der Waals surface area contributed by atoms with Crippen molar-refractivity contribution in [2.24, 2.45) is 5.92 Å². The van der Waals surface area contributed by atoms with Crippen LogP contribution in [-0.4, -0.2) is 42.1 Å². The molecule has 2 heterocycles. The van der Waals surface area contributed by atoms with Crippen molar-refractivity contribution >= 4 is 12.0 Å². The molecule has 1 aliphatic heterocycles. The smallest absolute Gasteiger partial charge is 0.415 e. The molecule has 1 atom stereocenters. The molecule has 7 heteroatoms. The third-order valence-corrected chi connectivity index (χ3v) is 5.77. The Kier molecular flexibility index (Phi) is 7.19. The Morgan fingerprint density at radius 2 is 1.70 bits per heavy atom. The van der Waals surface area contributed by atoms with Gasteiger partial charge in [0.05, 0.1) is 18.8 Å². The number of hydrogen-bond donors (Lipinski definition) is 1. The third-order valence-electron chi connectivity index (χ3n) is 5.77. The number of amides is 2. The zero-order valence-electron chi connectivity index (χ0n) is 18.5. The van der Waals surface area contributed by atoms with Gasteiger partial charge in [-0.05, 0) is 54.8 Å². The average molecular weight is 446 g/mol. The Balaban J connectivity index is 1.40. The lowest BCUT2D eigenvalue weighted by Gasteiger charge is -2.31. The Hall–Kier alpha value is -3.87. The minimum Gasteiger partial charge on any atom is -0.497 e. The van der Waals surface area contributed by atoms with E-state index in [1.165, 1.54) is 0 Å². The van der Waals surface area contributed by atoms with Crippen molar-refractivity contribution in [3.8, 4) is 11.5 Å². The van der Waals surface area contributed by atoms with Crippen molar-refractivity contribution in [2.75, 3.05) is 20.2 Å². The molecule has 2 aromatic carbocycles. The van der Waals surface area contributed by atoms with Crippen LogP contribution in [0.25, 0.3) is 0 Å². The van der Waals surface area contributed by atoms with E-state index in [9.17, 15) is 9.59 Å². The molecule has 0 spiro atoms. The largest absolute Gasteiger partial charge is 0.497 e. The SMILES string of the molecule is COc1cccc(C(NC(=O)C2CCN(C(=O)Oc3ccccc3)CC2)c2ccccn2)c1. The van der Waals surface area contributed by atoms with Gasteiger partial charge in [-0.25, -0.2) is 4.79 Å². The number of ether oxygens (including phenoxy) is 2. The first-order valence-corrected chi connectivity index (χ1v) is 11.0. The van der Waals surface area contributed by atoms with Gasteiger partial charge in [0.25, 0.3) is 0 Å². The van der Waals surface area contributed by atoms with Crippen LogP contribution in [0.5, 0.6) is 11.5 Å². The number of likely N-dealkylation sites (tertiary alicyclic amines) is 1. The number of carbonyl (C=O) groups excluding carboxylic acids is 2. The lowest BCUT2D eigenvalue weighted by molar-refractivity contribution is -0.126. The summed E-state index contributed by atoms with van der Waals surface area (Å²) >= 11 is 0. The van der Waals surface area contributed by atoms with Crippen LogP contribution in [0.15, 0.2) is 79.0 Å². The molecule has 170 valence electrons. The molecule has 0 bridgehead atoms. The molecule has 33 heavy (non-hydrogen) atoms. The van der Waals surface area contributed by atoms with Crippen LogP contribution in [0.3, 0.4) is 0 Å². The van der Waals surface area contributed by atoms with Crippen LogP contribution < -0.4 is 14.8 Å². The molecule has 1 N–H and O–H groups in total. The Bertz CT molecular complexity index is 1070. The normalized spacial score (nSPS) is 14.9. The number of carbonyl (C=O) groups is 2. The highest BCUT2D eigenvalue weighted by Gasteiger charge is 2.30. The van der Waals surface area contributed by atoms with Gasteiger partial charge in [-0.1, -0.05) is 36.4 Å². The number of pyridine rings is 1. The summed E-state index contributed by atoms with van der Waals surface area (Å²) in [5.41, 5.74) is 1.65. The molecular formula is C26H27N3O4. The summed E-state index contributed by atoms with van der Waals surface area (Å²) < 4.78 is 10.8. The topological polar surface area (TPSA) is 80.8 Å². The van der Waals surface area contributed by atoms with Crippen molar-refractivity contribution in [3.05, 3.63) is 90.3 Å². The van der Waals surface area contributed by atoms with Gasteiger partial charge in [-0.15, -0.1) is 0 Å². The van der Waals surface area contributed by atoms with Gasteiger partial charge in [0.1, 0.15) is 11.5 Å². The minimum atomic E-state index is -0.394. The number of hydrogen-bond acceptors (Lipinski definition) is 5. The van der Waals surface area contributed by atoms with Crippen LogP contribution in [0.1, 0.15) is 30.1 Å². The van der Waals surface area contributed by atoms with Gasteiger partial charge in [-0.3, -0.25) is 9.78 Å². The van der Waals surface area contributed by atoms with E-state index >= 15 is 0 Å². The molecule has 1 fully saturated rings. The number of para-hydroxylation sites is 1. The molecule has 0 saturated carbocycles. The van der Waals surface area contributed by atoms with E-state index in [-0.39, 0.29) is 17.9 Å². The highest BCUT2D eigenvalue weighted by molar-refractivity contribution is 5.80. The van der Waals surface area contributed by atoms with Crippen molar-refractivity contribution in [1.82, 2.24) is 15.2 Å². The Labute approximate surface area is 193 Å². The highest BCUT2D eigenvalue weighted by Crippen LogP contribution is 2.26. The fourth-order valence-electron chi connectivity index (χ4n) is 3.93. The number of nitrogens with zero attached hydrogens (tertiary/aromatic N) is 2. The van der Waals surface area contributed by atoms with Crippen LogP contribution in [-0.2, 0) is 4.79 Å². The van der Waals surface area contributed by atoms with Crippen LogP contribution >= 0.6 is 0 Å². The van der Waals surface area contributed by atoms with E-state index in [2.05, 4.69) is 10.3 Å². The Morgan fingerprint density at radius 3 is 2.39 bits per heavy atom. The summed E-state index contributed by atoms with van der Waals surface area (Å²) in [6.07, 6.45) is 2.47. The monoisotopic (exact) mass is 445 g/mol. The maximum absolute atomic E-state index is 13.2. The maximum atomic E-state index is 13.2. The molecule has 0 aliphatic carbocycles. The summed E-state index contributed by atoms with van der Waals surface area (Å²) in [4.78, 5) is 31.7. The fourth-order valence-corrected chi connectivity index (χ4v) is 3.93. The van der Waals surface area contributed by atoms with E-state index in [0.717, 1.165) is 11.3 Å². The predicted octanol–water partition coefficient (Wildman–Crippen LogP) is 4.21. The molecule has 7 nitrogen and oxygen atoms in total. The van der Waals surface area contributed by atoms with E-state index in [1.54, 1.807) is 30.3 Å². The molecule has 1 saturated heterocycles. The third kappa shape index (κ3) is 5.68. The van der Waals surface area contributed by atoms with Gasteiger partial charge < -0.3 is 19.7 Å². The molecule has 1 aliphatic rings. The second-order valence-electron chi connectivity index (χ2n) is 7.92. The zero-order chi connectivity index (χ0) is 23.0. The van der Waals surface area contributed by atoms with Crippen LogP contribution in [0.2, 0.25) is 0 Å². The van der Waals surface area contributed by atoms with Crippen LogP contribution in [0, 0.1) is 5.92 Å². The maximum Gasteiger partial charge on any atom is 0.415 e. The van der Waals surface area contributed by atoms with Gasteiger partial charge in [-0.2, -0.15) is 0 Å². The van der Waals surface area contributed by atoms with E-state index < -0.39 is 6.04 Å². The molecule has 0 radical (unpaired) electrons. The number of aromatic nitrogens is 1. The van der Waals surface area contributed by atoms with Crippen molar-refractivity contribution < 1.29 is 19.1 Å². The van der Waals surface area contributed by atoms with E-state index in [1.807, 2.05) is 60.7 Å². The number of benzene rings is 2. The first-order chi connectivity index (χ1) is 16.1. The van der Waals surface area contributed by atoms with E-state index in [0.29, 0.717) is 37.4 Å². The molecule has 1 unspecified atom stereocenters. The van der Waals surface area contributed by atoms with Crippen molar-refractivity contribution in [3.63, 3.8) is 0 Å². The molecule has 3 aromatic rings. The lowest BCUT2D eigenvalue weighted by atomic mass is 9.94. The molecule has 2 amide bonds. The zero-order valence-corrected chi connectivity index (χ0v) is 18.5. The van der Waals surface area contributed by atoms with E-state index in [4.69, 9.17) is 9.47 Å². The fraction of sp³-hybridized carbons (Fsp3) is 0.269. The summed E-state index contributed by atoms with van der Waals surface area (Å²) in [6, 6.07) is 21.9. The first kappa shape index (κ1) is 22.3. The minimum absolute atomic E-state index is 0.0513. The molecule has 4 rings (SSSR count). The van der Waals surface area contributed by atoms with Crippen molar-refractivity contribution in [1.29, 1.82) is 0 Å². The Morgan fingerprint density at radius 1 is 0.970 bits per heavy atom. The summed E-state index contributed by atoms with van der Waals surface area (Å²) in [6.45, 7) is 0.939. The number of rotatable bonds is 6. The number of nitrogens with one attached hydrogen (secondary N) is 1. The number of piperidine rings is 1. The van der Waals surface area contributed by atoms with Gasteiger partial charge >= 0.3 is 6.09 Å². The second kappa shape index (κ2) is 10.6. The number of methoxy groups -OCH3 is 1. The van der Waals surface area contributed by atoms with Gasteiger partial charge in [0.15, 0.2) is 0 Å².